The topological polar surface area (TPSA) is 43.4 Å². The molecule has 5 fully saturated rings. The molecule has 9 atom stereocenters. The Morgan fingerprint density at radius 3 is 2.00 bits per heavy atom. The van der Waals surface area contributed by atoms with Gasteiger partial charge in [-0.15, -0.1) is 0 Å². The van der Waals surface area contributed by atoms with Crippen LogP contribution in [-0.2, 0) is 14.3 Å². The minimum Gasteiger partial charge on any atom is -0.462 e. The van der Waals surface area contributed by atoms with E-state index in [1.807, 2.05) is 0 Å². The summed E-state index contributed by atoms with van der Waals surface area (Å²) in [6.07, 6.45) is 23.5. The van der Waals surface area contributed by atoms with Gasteiger partial charge in [-0.1, -0.05) is 114 Å². The van der Waals surface area contributed by atoms with Crippen molar-refractivity contribution in [1.82, 2.24) is 0 Å². The third-order valence-corrected chi connectivity index (χ3v) is 16.1. The Morgan fingerprint density at radius 1 is 0.711 bits per heavy atom. The molecule has 258 valence electrons. The van der Waals surface area contributed by atoms with Crippen LogP contribution in [-0.4, -0.2) is 17.9 Å². The lowest BCUT2D eigenvalue weighted by molar-refractivity contribution is -0.246. The Kier molecular flexibility index (Phi) is 10.1. The maximum atomic E-state index is 14.6. The van der Waals surface area contributed by atoms with Crippen LogP contribution in [0.3, 0.4) is 0 Å². The summed E-state index contributed by atoms with van der Waals surface area (Å²) in [5.41, 5.74) is 1.00. The van der Waals surface area contributed by atoms with Gasteiger partial charge in [0.15, 0.2) is 0 Å². The predicted octanol–water partition coefficient (Wildman–Crippen LogP) is 11.9. The maximum absolute atomic E-state index is 14.6. The zero-order valence-corrected chi connectivity index (χ0v) is 31.3. The van der Waals surface area contributed by atoms with E-state index in [0.717, 1.165) is 32.1 Å². The molecule has 0 aromatic rings. The number of fused-ring (bicyclic) bond motifs is 7. The second-order valence-electron chi connectivity index (χ2n) is 19.7. The quantitative estimate of drug-likeness (QED) is 0.170. The van der Waals surface area contributed by atoms with Gasteiger partial charge in [0.05, 0.1) is 0 Å². The van der Waals surface area contributed by atoms with Gasteiger partial charge < -0.3 is 4.74 Å². The van der Waals surface area contributed by atoms with E-state index in [0.29, 0.717) is 40.8 Å². The van der Waals surface area contributed by atoms with Gasteiger partial charge in [-0.3, -0.25) is 9.59 Å². The van der Waals surface area contributed by atoms with E-state index in [1.165, 1.54) is 89.9 Å². The summed E-state index contributed by atoms with van der Waals surface area (Å²) < 4.78 is 6.34. The molecule has 5 aliphatic carbocycles. The highest BCUT2D eigenvalue weighted by atomic mass is 16.5. The molecule has 0 aromatic heterocycles. The highest BCUT2D eigenvalue weighted by Gasteiger charge is 2.71. The van der Waals surface area contributed by atoms with Gasteiger partial charge in [-0.2, -0.15) is 0 Å². The fourth-order valence-corrected chi connectivity index (χ4v) is 13.0. The van der Waals surface area contributed by atoms with Gasteiger partial charge in [-0.25, -0.2) is 0 Å². The summed E-state index contributed by atoms with van der Waals surface area (Å²) in [5.74, 6) is 2.29. The van der Waals surface area contributed by atoms with Crippen LogP contribution in [0.2, 0.25) is 0 Å². The molecule has 5 rings (SSSR count). The molecule has 5 aliphatic rings. The highest BCUT2D eigenvalue weighted by molar-refractivity contribution is 5.84. The van der Waals surface area contributed by atoms with Crippen molar-refractivity contribution in [3.05, 3.63) is 0 Å². The molecule has 0 amide bonds. The molecule has 0 heterocycles. The van der Waals surface area contributed by atoms with Crippen LogP contribution < -0.4 is 0 Å². The summed E-state index contributed by atoms with van der Waals surface area (Å²) >= 11 is 0. The monoisotopic (exact) mass is 625 g/mol. The summed E-state index contributed by atoms with van der Waals surface area (Å²) in [5, 5.41) is 0. The summed E-state index contributed by atoms with van der Waals surface area (Å²) in [6, 6.07) is 0. The Bertz CT molecular complexity index is 1070. The molecule has 5 saturated carbocycles. The van der Waals surface area contributed by atoms with Crippen LogP contribution in [0.15, 0.2) is 0 Å². The second-order valence-corrected chi connectivity index (χ2v) is 19.7. The van der Waals surface area contributed by atoms with E-state index in [-0.39, 0.29) is 39.7 Å². The normalized spacial score (nSPS) is 43.4. The predicted molar refractivity (Wildman–Crippen MR) is 187 cm³/mol. The standard InChI is InChI=1S/C42H72O3/c1-10-11-12-13-14-15-16-17-18-19-35(44)45-34-21-22-40(7)32(38(34,4)5)20-23-41(8)33(40)28-31(43)36-30-29-37(2,3)24-25-39(30,6)26-27-42(36,41)9/h30,32-34,36H,10-29H2,1-9H3/t30-,32-,33+,34-,36-,39+,40-,41+,42+/m0/s1. The van der Waals surface area contributed by atoms with Crippen LogP contribution in [0.4, 0.5) is 0 Å². The SMILES string of the molecule is CCCCCCCCCCCC(=O)O[C@H]1CC[C@]2(C)[C@H]3CC(=O)[C@@H]4[C@@H]5CC(C)(C)CC[C@]5(C)CC[C@@]4(C)[C@]3(C)CC[C@H]2C1(C)C. The fraction of sp³-hybridized carbons (Fsp3) is 0.952. The molecule has 0 unspecified atom stereocenters. The van der Waals surface area contributed by atoms with Crippen molar-refractivity contribution < 1.29 is 14.3 Å². The summed E-state index contributed by atoms with van der Waals surface area (Å²) in [7, 11) is 0. The summed E-state index contributed by atoms with van der Waals surface area (Å²) in [6.45, 7) is 22.2. The van der Waals surface area contributed by atoms with E-state index < -0.39 is 0 Å². The zero-order valence-electron chi connectivity index (χ0n) is 31.3. The molecule has 0 saturated heterocycles. The Labute approximate surface area is 278 Å². The van der Waals surface area contributed by atoms with E-state index in [1.54, 1.807) is 0 Å². The number of unbranched alkanes of at least 4 members (excludes halogenated alkanes) is 8. The zero-order chi connectivity index (χ0) is 32.9. The second kappa shape index (κ2) is 12.9. The smallest absolute Gasteiger partial charge is 0.306 e. The molecule has 0 bridgehead atoms. The Hall–Kier alpha value is -0.860. The third-order valence-electron chi connectivity index (χ3n) is 16.1. The first-order chi connectivity index (χ1) is 21.0. The molecular formula is C42H72O3. The number of esters is 1. The molecule has 0 spiro atoms. The van der Waals surface area contributed by atoms with Gasteiger partial charge in [0.2, 0.25) is 0 Å². The first-order valence-corrected chi connectivity index (χ1v) is 19.8. The molecular weight excluding hydrogens is 552 g/mol. The van der Waals surface area contributed by atoms with Gasteiger partial charge in [0.1, 0.15) is 11.9 Å². The number of ether oxygens (including phenoxy) is 1. The number of hydrogen-bond acceptors (Lipinski definition) is 3. The van der Waals surface area contributed by atoms with Crippen molar-refractivity contribution >= 4 is 11.8 Å². The Morgan fingerprint density at radius 2 is 1.33 bits per heavy atom. The average Bonchev–Trinajstić information content (AvgIpc) is 2.96. The van der Waals surface area contributed by atoms with Crippen molar-refractivity contribution in [2.24, 2.45) is 56.2 Å². The number of carbonyl (C=O) groups excluding carboxylic acids is 2. The maximum Gasteiger partial charge on any atom is 0.306 e. The molecule has 3 heteroatoms. The fourth-order valence-electron chi connectivity index (χ4n) is 13.0. The average molecular weight is 625 g/mol. The van der Waals surface area contributed by atoms with Crippen molar-refractivity contribution in [3.63, 3.8) is 0 Å². The molecule has 0 N–H and O–H groups in total. The number of hydrogen-bond donors (Lipinski definition) is 0. The van der Waals surface area contributed by atoms with Crippen molar-refractivity contribution in [1.29, 1.82) is 0 Å². The number of ketones is 1. The van der Waals surface area contributed by atoms with Crippen molar-refractivity contribution in [2.45, 2.75) is 197 Å². The van der Waals surface area contributed by atoms with E-state index in [2.05, 4.69) is 62.3 Å². The van der Waals surface area contributed by atoms with E-state index in [4.69, 9.17) is 4.74 Å². The van der Waals surface area contributed by atoms with Gasteiger partial charge in [0, 0.05) is 24.2 Å². The Balaban J connectivity index is 1.24. The van der Waals surface area contributed by atoms with Gasteiger partial charge >= 0.3 is 5.97 Å². The lowest BCUT2D eigenvalue weighted by atomic mass is 9.31. The summed E-state index contributed by atoms with van der Waals surface area (Å²) in [4.78, 5) is 27.7. The van der Waals surface area contributed by atoms with Crippen LogP contribution in [0, 0.1) is 56.2 Å². The van der Waals surface area contributed by atoms with E-state index in [9.17, 15) is 9.59 Å². The highest BCUT2D eigenvalue weighted by Crippen LogP contribution is 2.76. The first-order valence-electron chi connectivity index (χ1n) is 19.8. The van der Waals surface area contributed by atoms with Crippen LogP contribution in [0.1, 0.15) is 191 Å². The van der Waals surface area contributed by atoms with E-state index >= 15 is 0 Å². The molecule has 45 heavy (non-hydrogen) atoms. The van der Waals surface area contributed by atoms with Gasteiger partial charge in [-0.05, 0) is 109 Å². The van der Waals surface area contributed by atoms with Crippen LogP contribution >= 0.6 is 0 Å². The third kappa shape index (κ3) is 6.24. The number of carbonyl (C=O) groups is 2. The minimum absolute atomic E-state index is 0.00603. The number of Topliss-reactive ketones (excluding diaryl/α,β-unsaturated/α-hetero) is 1. The first kappa shape index (κ1) is 35.4. The largest absolute Gasteiger partial charge is 0.462 e. The lowest BCUT2D eigenvalue weighted by Crippen LogP contribution is -2.69. The van der Waals surface area contributed by atoms with Gasteiger partial charge in [0.25, 0.3) is 0 Å². The lowest BCUT2D eigenvalue weighted by Gasteiger charge is -2.73. The minimum atomic E-state index is -0.0676. The molecule has 0 aliphatic heterocycles. The molecule has 0 radical (unpaired) electrons. The van der Waals surface area contributed by atoms with Crippen LogP contribution in [0.25, 0.3) is 0 Å². The van der Waals surface area contributed by atoms with Crippen LogP contribution in [0.5, 0.6) is 0 Å². The van der Waals surface area contributed by atoms with Crippen molar-refractivity contribution in [3.8, 4) is 0 Å². The molecule has 0 aromatic carbocycles. The number of rotatable bonds is 11. The molecule has 3 nitrogen and oxygen atoms in total. The van der Waals surface area contributed by atoms with Crippen molar-refractivity contribution in [2.75, 3.05) is 0 Å².